The fourth-order valence-corrected chi connectivity index (χ4v) is 4.01. The van der Waals surface area contributed by atoms with Gasteiger partial charge in [-0.15, -0.1) is 0 Å². The molecule has 0 bridgehead atoms. The van der Waals surface area contributed by atoms with E-state index in [1.54, 1.807) is 12.1 Å². The minimum Gasteiger partial charge on any atom is -0.508 e. The number of ether oxygens (including phenoxy) is 1. The Morgan fingerprint density at radius 2 is 1.47 bits per heavy atom. The monoisotopic (exact) mass is 460 g/mol. The van der Waals surface area contributed by atoms with Crippen LogP contribution in [0.3, 0.4) is 0 Å². The molecule has 1 aliphatic rings. The maximum absolute atomic E-state index is 13.3. The third kappa shape index (κ3) is 5.99. The third-order valence-corrected chi connectivity index (χ3v) is 6.01. The van der Waals surface area contributed by atoms with Crippen LogP contribution in [0.25, 0.3) is 0 Å². The molecule has 0 aliphatic carbocycles. The van der Waals surface area contributed by atoms with Crippen LogP contribution in [0.2, 0.25) is 0 Å². The van der Waals surface area contributed by atoms with Crippen LogP contribution in [-0.2, 0) is 19.3 Å². The molecule has 3 rings (SSSR count). The summed E-state index contributed by atoms with van der Waals surface area (Å²) in [5, 5.41) is 21.4. The molecule has 4 nitrogen and oxygen atoms in total. The van der Waals surface area contributed by atoms with Crippen LogP contribution < -0.4 is 4.74 Å². The molecule has 0 aromatic heterocycles. The van der Waals surface area contributed by atoms with E-state index in [9.17, 15) is 15.0 Å². The molecule has 0 saturated carbocycles. The molecule has 2 aromatic rings. The summed E-state index contributed by atoms with van der Waals surface area (Å²) >= 11 is 0. The van der Waals surface area contributed by atoms with Gasteiger partial charge in [-0.1, -0.05) is 41.0 Å². The molecule has 0 spiro atoms. The Bertz CT molecular complexity index is 1170. The number of benzene rings is 2. The lowest BCUT2D eigenvalue weighted by Crippen LogP contribution is -2.22. The molecule has 180 valence electrons. The topological polar surface area (TPSA) is 66.8 Å². The zero-order valence-corrected chi connectivity index (χ0v) is 21.2. The van der Waals surface area contributed by atoms with Gasteiger partial charge in [0.1, 0.15) is 23.4 Å². The minimum atomic E-state index is -0.473. The molecule has 1 heterocycles. The molecule has 2 aromatic carbocycles. The van der Waals surface area contributed by atoms with Gasteiger partial charge in [0, 0.05) is 5.56 Å². The van der Waals surface area contributed by atoms with Crippen molar-refractivity contribution in [2.75, 3.05) is 0 Å². The summed E-state index contributed by atoms with van der Waals surface area (Å²) in [7, 11) is 0. The molecule has 34 heavy (non-hydrogen) atoms. The van der Waals surface area contributed by atoms with E-state index >= 15 is 0 Å². The van der Waals surface area contributed by atoms with Crippen molar-refractivity contribution in [1.82, 2.24) is 0 Å². The van der Waals surface area contributed by atoms with E-state index in [4.69, 9.17) is 4.74 Å². The van der Waals surface area contributed by atoms with Crippen molar-refractivity contribution in [3.8, 4) is 17.2 Å². The molecular weight excluding hydrogens is 424 g/mol. The number of hydrogen-bond donors (Lipinski definition) is 2. The summed E-state index contributed by atoms with van der Waals surface area (Å²) in [6, 6.07) is 7.17. The van der Waals surface area contributed by atoms with Gasteiger partial charge >= 0.3 is 0 Å². The van der Waals surface area contributed by atoms with Crippen LogP contribution in [0.1, 0.15) is 86.7 Å². The van der Waals surface area contributed by atoms with Gasteiger partial charge in [0.05, 0.1) is 12.0 Å². The second kappa shape index (κ2) is 10.8. The predicted octanol–water partition coefficient (Wildman–Crippen LogP) is 7.33. The smallest absolute Gasteiger partial charge is 0.170 e. The van der Waals surface area contributed by atoms with Crippen molar-refractivity contribution in [2.45, 2.75) is 73.3 Å². The quantitative estimate of drug-likeness (QED) is 0.425. The van der Waals surface area contributed by atoms with Gasteiger partial charge in [0.25, 0.3) is 0 Å². The van der Waals surface area contributed by atoms with Crippen molar-refractivity contribution in [2.24, 2.45) is 0 Å². The van der Waals surface area contributed by atoms with Crippen LogP contribution in [-0.4, -0.2) is 16.0 Å². The van der Waals surface area contributed by atoms with E-state index in [1.165, 1.54) is 5.57 Å². The first kappa shape index (κ1) is 25.4. The number of phenolic OH excluding ortho intramolecular Hbond substituents is 2. The molecule has 2 N–H and O–H groups in total. The summed E-state index contributed by atoms with van der Waals surface area (Å²) < 4.78 is 6.41. The van der Waals surface area contributed by atoms with Gasteiger partial charge in [-0.05, 0) is 95.7 Å². The summed E-state index contributed by atoms with van der Waals surface area (Å²) in [6.45, 7) is 12.1. The molecule has 0 radical (unpaired) electrons. The van der Waals surface area contributed by atoms with Gasteiger partial charge in [0.2, 0.25) is 0 Å². The number of Topliss-reactive ketones (excluding diaryl/α,β-unsaturated/α-hetero) is 1. The van der Waals surface area contributed by atoms with E-state index in [0.29, 0.717) is 36.1 Å². The molecule has 0 fully saturated rings. The molecule has 4 heteroatoms. The summed E-state index contributed by atoms with van der Waals surface area (Å²) in [4.78, 5) is 13.3. The van der Waals surface area contributed by atoms with Gasteiger partial charge in [-0.2, -0.15) is 0 Å². The molecular formula is C30H36O4. The highest BCUT2D eigenvalue weighted by Crippen LogP contribution is 2.43. The lowest BCUT2D eigenvalue weighted by Gasteiger charge is -2.29. The van der Waals surface area contributed by atoms with Gasteiger partial charge in [-0.25, -0.2) is 0 Å². The highest BCUT2D eigenvalue weighted by molar-refractivity contribution is 6.01. The largest absolute Gasteiger partial charge is 0.508 e. The zero-order valence-electron chi connectivity index (χ0n) is 21.2. The number of ketones is 1. The number of hydrogen-bond acceptors (Lipinski definition) is 4. The molecule has 0 amide bonds. The second-order valence-electron chi connectivity index (χ2n) is 9.82. The number of fused-ring (bicyclic) bond motifs is 1. The fourth-order valence-electron chi connectivity index (χ4n) is 4.01. The standard InChI is InChI=1S/C30H36O4/c1-18(2)7-10-21-15-22(12-14-26(21)31)28-17-27(32)25-16-23(11-8-19(3)4)29(33)24(30(25)34-28)13-9-20(5)6/h7-9,12,14-16,28,31,33H,10-11,13,17H2,1-6H3/t28-/m0/s1. The molecule has 1 atom stereocenters. The molecule has 0 unspecified atom stereocenters. The Morgan fingerprint density at radius 3 is 2.09 bits per heavy atom. The van der Waals surface area contributed by atoms with Crippen molar-refractivity contribution in [3.63, 3.8) is 0 Å². The van der Waals surface area contributed by atoms with Gasteiger partial charge < -0.3 is 14.9 Å². The fraction of sp³-hybridized carbons (Fsp3) is 0.367. The van der Waals surface area contributed by atoms with E-state index in [2.05, 4.69) is 6.08 Å². The van der Waals surface area contributed by atoms with Crippen LogP contribution in [0.15, 0.2) is 59.2 Å². The minimum absolute atomic E-state index is 0.00192. The second-order valence-corrected chi connectivity index (χ2v) is 9.82. The number of carbonyl (C=O) groups is 1. The number of carbonyl (C=O) groups excluding carboxylic acids is 1. The normalized spacial score (nSPS) is 14.6. The lowest BCUT2D eigenvalue weighted by atomic mass is 9.89. The Balaban J connectivity index is 2.05. The first-order valence-electron chi connectivity index (χ1n) is 11.9. The first-order valence-corrected chi connectivity index (χ1v) is 11.9. The third-order valence-electron chi connectivity index (χ3n) is 6.01. The average Bonchev–Trinajstić information content (AvgIpc) is 2.76. The van der Waals surface area contributed by atoms with Crippen molar-refractivity contribution in [3.05, 3.63) is 87.0 Å². The van der Waals surface area contributed by atoms with Gasteiger partial charge in [0.15, 0.2) is 5.78 Å². The Morgan fingerprint density at radius 1 is 0.882 bits per heavy atom. The Hall–Kier alpha value is -3.27. The highest BCUT2D eigenvalue weighted by atomic mass is 16.5. The highest BCUT2D eigenvalue weighted by Gasteiger charge is 2.32. The van der Waals surface area contributed by atoms with E-state index < -0.39 is 6.10 Å². The summed E-state index contributed by atoms with van der Waals surface area (Å²) in [5.41, 5.74) is 7.02. The summed E-state index contributed by atoms with van der Waals surface area (Å²) in [6.07, 6.45) is 7.55. The van der Waals surface area contributed by atoms with E-state index in [0.717, 1.165) is 27.8 Å². The van der Waals surface area contributed by atoms with Crippen molar-refractivity contribution < 1.29 is 19.7 Å². The first-order chi connectivity index (χ1) is 16.1. The Kier molecular flexibility index (Phi) is 8.03. The van der Waals surface area contributed by atoms with E-state index in [-0.39, 0.29) is 23.7 Å². The van der Waals surface area contributed by atoms with Crippen LogP contribution in [0, 0.1) is 0 Å². The van der Waals surface area contributed by atoms with E-state index in [1.807, 2.05) is 65.8 Å². The van der Waals surface area contributed by atoms with Crippen LogP contribution in [0.4, 0.5) is 0 Å². The van der Waals surface area contributed by atoms with Crippen molar-refractivity contribution in [1.29, 1.82) is 0 Å². The number of rotatable bonds is 7. The Labute approximate surface area is 203 Å². The lowest BCUT2D eigenvalue weighted by molar-refractivity contribution is 0.0847. The molecule has 1 aliphatic heterocycles. The predicted molar refractivity (Wildman–Crippen MR) is 138 cm³/mol. The zero-order chi connectivity index (χ0) is 25.0. The average molecular weight is 461 g/mol. The maximum Gasteiger partial charge on any atom is 0.170 e. The van der Waals surface area contributed by atoms with Crippen molar-refractivity contribution >= 4 is 5.78 Å². The SMILES string of the molecule is CC(C)=CCc1cc([C@@H]2CC(=O)c3cc(CC=C(C)C)c(O)c(CC=C(C)C)c3O2)ccc1O. The van der Waals surface area contributed by atoms with Crippen LogP contribution in [0.5, 0.6) is 17.2 Å². The summed E-state index contributed by atoms with van der Waals surface area (Å²) in [5.74, 6) is 0.893. The number of phenols is 2. The number of allylic oxidation sites excluding steroid dienone is 6. The molecule has 0 saturated heterocycles. The van der Waals surface area contributed by atoms with Gasteiger partial charge in [-0.3, -0.25) is 4.79 Å². The maximum atomic E-state index is 13.3. The van der Waals surface area contributed by atoms with Crippen LogP contribution >= 0.6 is 0 Å². The number of aromatic hydroxyl groups is 2.